The Balaban J connectivity index is 3.51. The van der Waals surface area contributed by atoms with Gasteiger partial charge >= 0.3 is 19.0 Å². The van der Waals surface area contributed by atoms with Gasteiger partial charge in [-0.3, -0.25) is 0 Å². The molecule has 0 aromatic carbocycles. The highest BCUT2D eigenvalue weighted by molar-refractivity contribution is 8.09. The SMILES string of the molecule is CC(C)COP(N)(=S)Oc1c(Cl)c(C(F)(F)F)nc(C(F)(F)F)c1Cl. The van der Waals surface area contributed by atoms with Crippen LogP contribution in [-0.4, -0.2) is 11.6 Å². The predicted molar refractivity (Wildman–Crippen MR) is 84.2 cm³/mol. The average Bonchev–Trinajstić information content (AvgIpc) is 2.38. The van der Waals surface area contributed by atoms with Crippen molar-refractivity contribution in [1.82, 2.24) is 4.98 Å². The monoisotopic (exact) mass is 450 g/mol. The van der Waals surface area contributed by atoms with E-state index in [4.69, 9.17) is 49.6 Å². The Morgan fingerprint density at radius 3 is 1.80 bits per heavy atom. The van der Waals surface area contributed by atoms with E-state index in [0.29, 0.717) is 0 Å². The summed E-state index contributed by atoms with van der Waals surface area (Å²) in [6, 6.07) is 0. The zero-order valence-electron chi connectivity index (χ0n) is 12.5. The molecule has 1 unspecified atom stereocenters. The molecule has 1 aromatic heterocycles. The predicted octanol–water partition coefficient (Wildman–Crippen LogP) is 5.66. The molecular formula is C11H11Cl2F6N2O2PS. The number of alkyl halides is 6. The molecule has 4 nitrogen and oxygen atoms in total. The normalized spacial score (nSPS) is 15.4. The van der Waals surface area contributed by atoms with Crippen LogP contribution in [0.1, 0.15) is 25.2 Å². The number of halogens is 8. The van der Waals surface area contributed by atoms with E-state index < -0.39 is 46.2 Å². The Bertz CT molecular complexity index is 660. The number of rotatable bonds is 5. The van der Waals surface area contributed by atoms with Crippen molar-refractivity contribution in [3.8, 4) is 5.75 Å². The standard InChI is InChI=1S/C11H11Cl2F6N2O2PS/c1-4(2)3-22-24(20,25)23-7-5(12)8(10(14,15)16)21-9(6(7)13)11(17,18)19/h4H,3H2,1-2H3,(H2,20,25). The number of aromatic nitrogens is 1. The van der Waals surface area contributed by atoms with Crippen molar-refractivity contribution >= 4 is 41.7 Å². The minimum Gasteiger partial charge on any atom is -0.430 e. The van der Waals surface area contributed by atoms with Gasteiger partial charge in [-0.2, -0.15) is 26.3 Å². The average molecular weight is 451 g/mol. The minimum absolute atomic E-state index is 0.0354. The largest absolute Gasteiger partial charge is 0.434 e. The maximum Gasteiger partial charge on any atom is 0.434 e. The first kappa shape index (κ1) is 22.7. The Morgan fingerprint density at radius 2 is 1.48 bits per heavy atom. The lowest BCUT2D eigenvalue weighted by Gasteiger charge is -2.23. The number of pyridine rings is 1. The summed E-state index contributed by atoms with van der Waals surface area (Å²) in [5, 5.41) is -2.59. The van der Waals surface area contributed by atoms with E-state index in [9.17, 15) is 26.3 Å². The molecule has 25 heavy (non-hydrogen) atoms. The third-order valence-corrected chi connectivity index (χ3v) is 4.57. The molecule has 0 aliphatic heterocycles. The van der Waals surface area contributed by atoms with Gasteiger partial charge in [0, 0.05) is 0 Å². The van der Waals surface area contributed by atoms with E-state index in [1.165, 1.54) is 0 Å². The lowest BCUT2D eigenvalue weighted by atomic mass is 10.2. The van der Waals surface area contributed by atoms with E-state index in [0.717, 1.165) is 0 Å². The van der Waals surface area contributed by atoms with Gasteiger partial charge in [0.1, 0.15) is 10.0 Å². The molecule has 1 atom stereocenters. The van der Waals surface area contributed by atoms with E-state index in [-0.39, 0.29) is 12.5 Å². The van der Waals surface area contributed by atoms with Crippen molar-refractivity contribution in [2.45, 2.75) is 26.2 Å². The minimum atomic E-state index is -5.30. The van der Waals surface area contributed by atoms with Crippen molar-refractivity contribution in [2.75, 3.05) is 6.61 Å². The summed E-state index contributed by atoms with van der Waals surface area (Å²) in [4.78, 5) is 2.48. The quantitative estimate of drug-likeness (QED) is 0.463. The van der Waals surface area contributed by atoms with E-state index in [1.54, 1.807) is 13.8 Å². The second-order valence-electron chi connectivity index (χ2n) is 5.08. The topological polar surface area (TPSA) is 57.4 Å². The zero-order chi connectivity index (χ0) is 19.8. The van der Waals surface area contributed by atoms with Crippen LogP contribution < -0.4 is 10.0 Å². The third kappa shape index (κ3) is 6.11. The Kier molecular flexibility index (Phi) is 7.03. The molecule has 0 saturated heterocycles. The highest BCUT2D eigenvalue weighted by Gasteiger charge is 2.44. The molecule has 0 saturated carbocycles. The van der Waals surface area contributed by atoms with Crippen LogP contribution >= 0.6 is 29.8 Å². The molecular weight excluding hydrogens is 440 g/mol. The maximum absolute atomic E-state index is 12.9. The van der Waals surface area contributed by atoms with Crippen molar-refractivity contribution in [3.05, 3.63) is 21.4 Å². The Morgan fingerprint density at radius 1 is 1.08 bits per heavy atom. The highest BCUT2D eigenvalue weighted by atomic mass is 35.5. The first-order chi connectivity index (χ1) is 11.1. The summed E-state index contributed by atoms with van der Waals surface area (Å²) in [7, 11) is 0. The third-order valence-electron chi connectivity index (χ3n) is 2.38. The van der Waals surface area contributed by atoms with Crippen LogP contribution in [-0.2, 0) is 28.7 Å². The molecule has 0 radical (unpaired) electrons. The zero-order valence-corrected chi connectivity index (χ0v) is 15.7. The van der Waals surface area contributed by atoms with Gasteiger partial charge in [0.05, 0.1) is 6.61 Å². The Hall–Kier alpha value is -0.320. The summed E-state index contributed by atoms with van der Waals surface area (Å²) in [6.45, 7) is -0.373. The number of nitrogens with zero attached hydrogens (tertiary/aromatic N) is 1. The molecule has 144 valence electrons. The summed E-state index contributed by atoms with van der Waals surface area (Å²) in [5.41, 5.74) is 1.48. The van der Waals surface area contributed by atoms with Crippen LogP contribution in [0.3, 0.4) is 0 Å². The van der Waals surface area contributed by atoms with Crippen molar-refractivity contribution in [3.63, 3.8) is 0 Å². The molecule has 1 rings (SSSR count). The number of nitrogens with two attached hydrogens (primary N) is 1. The molecule has 2 N–H and O–H groups in total. The fourth-order valence-electron chi connectivity index (χ4n) is 1.38. The molecule has 0 amide bonds. The summed E-state index contributed by atoms with van der Waals surface area (Å²) in [5.74, 6) is -1.25. The molecule has 0 aliphatic rings. The van der Waals surface area contributed by atoms with E-state index in [2.05, 4.69) is 4.98 Å². The summed E-state index contributed by atoms with van der Waals surface area (Å²) in [6.07, 6.45) is -10.6. The molecule has 1 aromatic rings. The van der Waals surface area contributed by atoms with Gasteiger partial charge in [0.15, 0.2) is 17.1 Å². The lowest BCUT2D eigenvalue weighted by Crippen LogP contribution is -2.18. The summed E-state index contributed by atoms with van der Waals surface area (Å²) >= 11 is 15.8. The molecule has 1 heterocycles. The highest BCUT2D eigenvalue weighted by Crippen LogP contribution is 2.52. The maximum atomic E-state index is 12.9. The van der Waals surface area contributed by atoms with E-state index in [1.807, 2.05) is 0 Å². The van der Waals surface area contributed by atoms with Gasteiger partial charge in [0.25, 0.3) is 0 Å². The van der Waals surface area contributed by atoms with Gasteiger partial charge in [0.2, 0.25) is 0 Å². The second kappa shape index (κ2) is 7.74. The van der Waals surface area contributed by atoms with E-state index >= 15 is 0 Å². The van der Waals surface area contributed by atoms with Crippen molar-refractivity contribution in [1.29, 1.82) is 0 Å². The van der Waals surface area contributed by atoms with Gasteiger partial charge in [-0.1, -0.05) is 37.0 Å². The molecule has 0 aliphatic carbocycles. The fraction of sp³-hybridized carbons (Fsp3) is 0.545. The van der Waals surface area contributed by atoms with Crippen molar-refractivity contribution < 1.29 is 35.4 Å². The second-order valence-corrected chi connectivity index (χ2v) is 8.89. The van der Waals surface area contributed by atoms with Gasteiger partial charge in [-0.15, -0.1) is 0 Å². The van der Waals surface area contributed by atoms with Crippen LogP contribution in [0.5, 0.6) is 5.75 Å². The lowest BCUT2D eigenvalue weighted by molar-refractivity contribution is -0.150. The molecule has 0 spiro atoms. The van der Waals surface area contributed by atoms with Crippen LogP contribution in [0.2, 0.25) is 10.0 Å². The fourth-order valence-corrected chi connectivity index (χ4v) is 3.51. The molecule has 14 heteroatoms. The van der Waals surface area contributed by atoms with Crippen molar-refractivity contribution in [2.24, 2.45) is 11.4 Å². The molecule has 0 fully saturated rings. The first-order valence-electron chi connectivity index (χ1n) is 6.32. The van der Waals surface area contributed by atoms with Gasteiger partial charge in [-0.25, -0.2) is 10.5 Å². The Labute approximate surface area is 153 Å². The van der Waals surface area contributed by atoms with Gasteiger partial charge < -0.3 is 9.05 Å². The van der Waals surface area contributed by atoms with Crippen LogP contribution in [0.25, 0.3) is 0 Å². The van der Waals surface area contributed by atoms with Gasteiger partial charge in [-0.05, 0) is 17.7 Å². The summed E-state index contributed by atoms with van der Waals surface area (Å²) < 4.78 is 87.4. The first-order valence-corrected chi connectivity index (χ1v) is 9.78. The van der Waals surface area contributed by atoms with Crippen LogP contribution in [0.15, 0.2) is 0 Å². The smallest absolute Gasteiger partial charge is 0.430 e. The van der Waals surface area contributed by atoms with Crippen LogP contribution in [0, 0.1) is 5.92 Å². The van der Waals surface area contributed by atoms with Crippen LogP contribution in [0.4, 0.5) is 26.3 Å². The number of hydrogen-bond donors (Lipinski definition) is 1. The number of hydrogen-bond acceptors (Lipinski definition) is 4. The molecule has 0 bridgehead atoms.